The first kappa shape index (κ1) is 12.7. The highest BCUT2D eigenvalue weighted by Crippen LogP contribution is 2.16. The highest BCUT2D eigenvalue weighted by molar-refractivity contribution is 9.10. The first-order valence-corrected chi connectivity index (χ1v) is 6.28. The van der Waals surface area contributed by atoms with Gasteiger partial charge in [0, 0.05) is 5.69 Å². The van der Waals surface area contributed by atoms with Crippen LogP contribution in [-0.2, 0) is 17.8 Å². The summed E-state index contributed by atoms with van der Waals surface area (Å²) < 4.78 is 6.09. The molecule has 1 aromatic carbocycles. The maximum Gasteiger partial charge on any atom is 0.221 e. The molecular weight excluding hydrogens is 296 g/mol. The Morgan fingerprint density at radius 2 is 1.94 bits per heavy atom. The maximum absolute atomic E-state index is 10.8. The molecule has 4 nitrogen and oxygen atoms in total. The van der Waals surface area contributed by atoms with E-state index in [1.165, 1.54) is 0 Å². The van der Waals surface area contributed by atoms with Crippen LogP contribution in [0.1, 0.15) is 11.3 Å². The third-order valence-electron chi connectivity index (χ3n) is 2.43. The molecule has 0 spiro atoms. The second kappa shape index (κ2) is 5.73. The van der Waals surface area contributed by atoms with E-state index in [1.54, 1.807) is 0 Å². The van der Waals surface area contributed by atoms with Crippen molar-refractivity contribution in [3.05, 3.63) is 52.4 Å². The standard InChI is InChI=1S/C13H13BrN2O2/c14-12-6-5-11(18-12)8-16-10-3-1-9(2-4-10)7-13(15)17/h1-6,16H,7-8H2,(H2,15,17). The van der Waals surface area contributed by atoms with Crippen LogP contribution in [0.25, 0.3) is 0 Å². The fraction of sp³-hybridized carbons (Fsp3) is 0.154. The van der Waals surface area contributed by atoms with Crippen LogP contribution in [0.5, 0.6) is 0 Å². The van der Waals surface area contributed by atoms with E-state index in [1.807, 2.05) is 36.4 Å². The van der Waals surface area contributed by atoms with Crippen LogP contribution < -0.4 is 11.1 Å². The van der Waals surface area contributed by atoms with Gasteiger partial charge in [0.15, 0.2) is 4.67 Å². The highest BCUT2D eigenvalue weighted by Gasteiger charge is 2.01. The summed E-state index contributed by atoms with van der Waals surface area (Å²) in [7, 11) is 0. The second-order valence-electron chi connectivity index (χ2n) is 3.90. The summed E-state index contributed by atoms with van der Waals surface area (Å²) in [6.07, 6.45) is 0.269. The van der Waals surface area contributed by atoms with Gasteiger partial charge in [-0.1, -0.05) is 12.1 Å². The van der Waals surface area contributed by atoms with E-state index in [0.717, 1.165) is 21.7 Å². The van der Waals surface area contributed by atoms with E-state index in [2.05, 4.69) is 21.2 Å². The summed E-state index contributed by atoms with van der Waals surface area (Å²) in [6.45, 7) is 0.612. The Morgan fingerprint density at radius 3 is 2.50 bits per heavy atom. The number of nitrogens with two attached hydrogens (primary N) is 1. The molecule has 0 radical (unpaired) electrons. The predicted molar refractivity (Wildman–Crippen MR) is 73.1 cm³/mol. The summed E-state index contributed by atoms with van der Waals surface area (Å²) in [6, 6.07) is 11.3. The molecule has 3 N–H and O–H groups in total. The molecular formula is C13H13BrN2O2. The zero-order valence-corrected chi connectivity index (χ0v) is 11.2. The lowest BCUT2D eigenvalue weighted by Crippen LogP contribution is -2.13. The Bertz CT molecular complexity index is 534. The number of hydrogen-bond donors (Lipinski definition) is 2. The Balaban J connectivity index is 1.92. The van der Waals surface area contributed by atoms with E-state index in [0.29, 0.717) is 6.54 Å². The number of halogens is 1. The van der Waals surface area contributed by atoms with Crippen molar-refractivity contribution in [1.82, 2.24) is 0 Å². The smallest absolute Gasteiger partial charge is 0.221 e. The van der Waals surface area contributed by atoms with E-state index < -0.39 is 0 Å². The predicted octanol–water partition coefficient (Wildman–Crippen LogP) is 2.68. The van der Waals surface area contributed by atoms with Gasteiger partial charge in [0.1, 0.15) is 5.76 Å². The number of nitrogens with one attached hydrogen (secondary N) is 1. The van der Waals surface area contributed by atoms with Gasteiger partial charge in [-0.05, 0) is 45.8 Å². The zero-order valence-electron chi connectivity index (χ0n) is 9.65. The summed E-state index contributed by atoms with van der Waals surface area (Å²) in [5.41, 5.74) is 7.01. The minimum atomic E-state index is -0.323. The molecule has 0 bridgehead atoms. The highest BCUT2D eigenvalue weighted by atomic mass is 79.9. The van der Waals surface area contributed by atoms with E-state index >= 15 is 0 Å². The lowest BCUT2D eigenvalue weighted by atomic mass is 10.1. The van der Waals surface area contributed by atoms with Crippen molar-refractivity contribution < 1.29 is 9.21 Å². The van der Waals surface area contributed by atoms with Crippen LogP contribution in [0.15, 0.2) is 45.5 Å². The quantitative estimate of drug-likeness (QED) is 0.892. The number of furan rings is 1. The number of benzene rings is 1. The van der Waals surface area contributed by atoms with E-state index in [4.69, 9.17) is 10.2 Å². The molecule has 0 saturated heterocycles. The summed E-state index contributed by atoms with van der Waals surface area (Å²) in [5.74, 6) is 0.527. The van der Waals surface area contributed by atoms with Crippen LogP contribution in [0.4, 0.5) is 5.69 Å². The third-order valence-corrected chi connectivity index (χ3v) is 2.85. The average Bonchev–Trinajstić information content (AvgIpc) is 2.74. The fourth-order valence-corrected chi connectivity index (χ4v) is 1.92. The summed E-state index contributed by atoms with van der Waals surface area (Å²) >= 11 is 3.25. The van der Waals surface area contributed by atoms with Gasteiger partial charge in [-0.15, -0.1) is 0 Å². The van der Waals surface area contributed by atoms with Gasteiger partial charge in [-0.2, -0.15) is 0 Å². The monoisotopic (exact) mass is 308 g/mol. The van der Waals surface area contributed by atoms with Crippen molar-refractivity contribution in [3.8, 4) is 0 Å². The number of amides is 1. The Morgan fingerprint density at radius 1 is 1.22 bits per heavy atom. The van der Waals surface area contributed by atoms with Gasteiger partial charge >= 0.3 is 0 Å². The van der Waals surface area contributed by atoms with Gasteiger partial charge in [-0.3, -0.25) is 4.79 Å². The number of carbonyl (C=O) groups excluding carboxylic acids is 1. The SMILES string of the molecule is NC(=O)Cc1ccc(NCc2ccc(Br)o2)cc1. The number of carbonyl (C=O) groups is 1. The Kier molecular flexibility index (Phi) is 4.04. The average molecular weight is 309 g/mol. The van der Waals surface area contributed by atoms with Gasteiger partial charge < -0.3 is 15.5 Å². The van der Waals surface area contributed by atoms with Crippen LogP contribution in [0.3, 0.4) is 0 Å². The second-order valence-corrected chi connectivity index (χ2v) is 4.68. The topological polar surface area (TPSA) is 68.3 Å². The van der Waals surface area contributed by atoms with Gasteiger partial charge in [0.2, 0.25) is 5.91 Å². The molecule has 0 aliphatic rings. The third kappa shape index (κ3) is 3.63. The molecule has 2 rings (SSSR count). The van der Waals surface area contributed by atoms with Crippen LogP contribution >= 0.6 is 15.9 Å². The number of rotatable bonds is 5. The molecule has 5 heteroatoms. The normalized spacial score (nSPS) is 10.3. The molecule has 1 amide bonds. The molecule has 0 fully saturated rings. The van der Waals surface area contributed by atoms with Gasteiger partial charge in [0.25, 0.3) is 0 Å². The molecule has 0 aliphatic carbocycles. The molecule has 94 valence electrons. The molecule has 0 unspecified atom stereocenters. The van der Waals surface area contributed by atoms with E-state index in [-0.39, 0.29) is 12.3 Å². The van der Waals surface area contributed by atoms with Crippen LogP contribution in [0, 0.1) is 0 Å². The number of primary amides is 1. The van der Waals surface area contributed by atoms with Gasteiger partial charge in [0.05, 0.1) is 13.0 Å². The summed E-state index contributed by atoms with van der Waals surface area (Å²) in [5, 5.41) is 3.22. The molecule has 0 aliphatic heterocycles. The van der Waals surface area contributed by atoms with E-state index in [9.17, 15) is 4.79 Å². The first-order chi connectivity index (χ1) is 8.63. The van der Waals surface area contributed by atoms with Crippen molar-refractivity contribution in [3.63, 3.8) is 0 Å². The Labute approximate surface area is 113 Å². The van der Waals surface area contributed by atoms with Crippen molar-refractivity contribution in [2.75, 3.05) is 5.32 Å². The van der Waals surface area contributed by atoms with Gasteiger partial charge in [-0.25, -0.2) is 0 Å². The maximum atomic E-state index is 10.8. The molecule has 2 aromatic rings. The number of anilines is 1. The lowest BCUT2D eigenvalue weighted by Gasteiger charge is -2.05. The number of hydrogen-bond acceptors (Lipinski definition) is 3. The van der Waals surface area contributed by atoms with Crippen LogP contribution in [0.2, 0.25) is 0 Å². The lowest BCUT2D eigenvalue weighted by molar-refractivity contribution is -0.117. The minimum absolute atomic E-state index is 0.269. The molecule has 18 heavy (non-hydrogen) atoms. The van der Waals surface area contributed by atoms with Crippen LogP contribution in [-0.4, -0.2) is 5.91 Å². The molecule has 1 aromatic heterocycles. The van der Waals surface area contributed by atoms with Crippen molar-refractivity contribution in [2.24, 2.45) is 5.73 Å². The van der Waals surface area contributed by atoms with Crippen molar-refractivity contribution >= 4 is 27.5 Å². The van der Waals surface area contributed by atoms with Crippen molar-refractivity contribution in [2.45, 2.75) is 13.0 Å². The largest absolute Gasteiger partial charge is 0.452 e. The molecule has 0 atom stereocenters. The fourth-order valence-electron chi connectivity index (χ4n) is 1.58. The minimum Gasteiger partial charge on any atom is -0.452 e. The first-order valence-electron chi connectivity index (χ1n) is 5.49. The van der Waals surface area contributed by atoms with Crippen molar-refractivity contribution in [1.29, 1.82) is 0 Å². The Hall–Kier alpha value is -1.75. The summed E-state index contributed by atoms with van der Waals surface area (Å²) in [4.78, 5) is 10.8. The molecule has 0 saturated carbocycles. The zero-order chi connectivity index (χ0) is 13.0. The molecule has 1 heterocycles.